The number of halogens is 4. The zero-order chi connectivity index (χ0) is 23.9. The summed E-state index contributed by atoms with van der Waals surface area (Å²) in [6.45, 7) is 1.04. The first kappa shape index (κ1) is 26.1. The molecule has 2 aromatic rings. The van der Waals surface area contributed by atoms with Crippen LogP contribution in [0.15, 0.2) is 59.5 Å². The fourth-order valence-corrected chi connectivity index (χ4v) is 5.09. The Hall–Kier alpha value is -2.14. The minimum Gasteiger partial charge on any atom is -0.475 e. The molecular weight excluding hydrogens is 469 g/mol. The lowest BCUT2D eigenvalue weighted by Gasteiger charge is -2.34. The molecule has 6 nitrogen and oxygen atoms in total. The molecule has 2 aromatic carbocycles. The molecule has 1 aliphatic rings. The minimum absolute atomic E-state index is 0.0139. The van der Waals surface area contributed by atoms with Gasteiger partial charge in [0.05, 0.1) is 4.90 Å². The molecule has 1 aliphatic heterocycles. The van der Waals surface area contributed by atoms with Gasteiger partial charge in [0.1, 0.15) is 0 Å². The third-order valence-electron chi connectivity index (χ3n) is 5.09. The Balaban J connectivity index is 0.000000451. The van der Waals surface area contributed by atoms with Crippen LogP contribution in [-0.2, 0) is 21.2 Å². The van der Waals surface area contributed by atoms with E-state index in [1.807, 2.05) is 30.3 Å². The van der Waals surface area contributed by atoms with Crippen LogP contribution in [0.5, 0.6) is 0 Å². The van der Waals surface area contributed by atoms with E-state index < -0.39 is 22.2 Å². The van der Waals surface area contributed by atoms with Crippen LogP contribution in [0.1, 0.15) is 18.4 Å². The Morgan fingerprint density at radius 1 is 1.12 bits per heavy atom. The number of carbonyl (C=O) groups is 1. The van der Waals surface area contributed by atoms with E-state index in [0.717, 1.165) is 24.8 Å². The number of sulfonamides is 1. The zero-order valence-corrected chi connectivity index (χ0v) is 18.6. The van der Waals surface area contributed by atoms with Crippen LogP contribution >= 0.6 is 11.6 Å². The van der Waals surface area contributed by atoms with Gasteiger partial charge in [-0.1, -0.05) is 41.9 Å². The van der Waals surface area contributed by atoms with Crippen molar-refractivity contribution in [3.05, 3.63) is 65.2 Å². The molecule has 3 rings (SSSR count). The molecule has 0 amide bonds. The molecule has 11 heteroatoms. The van der Waals surface area contributed by atoms with Crippen LogP contribution in [-0.4, -0.2) is 49.1 Å². The summed E-state index contributed by atoms with van der Waals surface area (Å²) in [5.41, 5.74) is 7.51. The monoisotopic (exact) mass is 492 g/mol. The summed E-state index contributed by atoms with van der Waals surface area (Å²) in [5, 5.41) is 7.84. The molecule has 0 saturated carbocycles. The van der Waals surface area contributed by atoms with Gasteiger partial charge in [-0.05, 0) is 55.0 Å². The number of piperidine rings is 1. The van der Waals surface area contributed by atoms with E-state index in [2.05, 4.69) is 0 Å². The molecule has 32 heavy (non-hydrogen) atoms. The van der Waals surface area contributed by atoms with Gasteiger partial charge in [0, 0.05) is 24.2 Å². The first-order chi connectivity index (χ1) is 14.9. The van der Waals surface area contributed by atoms with Gasteiger partial charge in [-0.25, -0.2) is 13.2 Å². The van der Waals surface area contributed by atoms with Gasteiger partial charge < -0.3 is 10.8 Å². The maximum Gasteiger partial charge on any atom is 0.490 e. The Labute approximate surface area is 189 Å². The Morgan fingerprint density at radius 2 is 1.69 bits per heavy atom. The third-order valence-corrected chi connectivity index (χ3v) is 7.24. The van der Waals surface area contributed by atoms with E-state index in [-0.39, 0.29) is 6.04 Å². The summed E-state index contributed by atoms with van der Waals surface area (Å²) in [4.78, 5) is 9.25. The molecule has 0 aromatic heterocycles. The van der Waals surface area contributed by atoms with Gasteiger partial charge in [-0.2, -0.15) is 17.5 Å². The van der Waals surface area contributed by atoms with E-state index in [1.165, 1.54) is 0 Å². The number of aliphatic carboxylic acids is 1. The van der Waals surface area contributed by atoms with Crippen molar-refractivity contribution in [3.63, 3.8) is 0 Å². The van der Waals surface area contributed by atoms with E-state index in [1.54, 1.807) is 28.6 Å². The number of carboxylic acid groups (broad SMARTS) is 1. The number of rotatable bonds is 5. The lowest BCUT2D eigenvalue weighted by molar-refractivity contribution is -0.192. The second-order valence-electron chi connectivity index (χ2n) is 7.36. The number of nitrogens with two attached hydrogens (primary N) is 1. The predicted molar refractivity (Wildman–Crippen MR) is 115 cm³/mol. The molecule has 1 saturated heterocycles. The molecule has 1 atom stereocenters. The van der Waals surface area contributed by atoms with Gasteiger partial charge in [0.25, 0.3) is 0 Å². The van der Waals surface area contributed by atoms with Crippen molar-refractivity contribution in [1.82, 2.24) is 4.31 Å². The average Bonchev–Trinajstić information content (AvgIpc) is 2.74. The average molecular weight is 493 g/mol. The molecule has 176 valence electrons. The maximum atomic E-state index is 12.7. The smallest absolute Gasteiger partial charge is 0.475 e. The van der Waals surface area contributed by atoms with Crippen LogP contribution < -0.4 is 5.73 Å². The SMILES string of the molecule is NC(Cc1cccc(Cl)c1)C1CCN(S(=O)(=O)c2ccccc2)CC1.O=C(O)C(F)(F)F. The van der Waals surface area contributed by atoms with Crippen molar-refractivity contribution < 1.29 is 31.5 Å². The number of nitrogens with zero attached hydrogens (tertiary/aromatic N) is 1. The van der Waals surface area contributed by atoms with E-state index in [0.29, 0.717) is 28.9 Å². The van der Waals surface area contributed by atoms with E-state index in [4.69, 9.17) is 27.2 Å². The van der Waals surface area contributed by atoms with Gasteiger partial charge in [-0.15, -0.1) is 0 Å². The van der Waals surface area contributed by atoms with Crippen LogP contribution in [0.25, 0.3) is 0 Å². The molecule has 3 N–H and O–H groups in total. The largest absolute Gasteiger partial charge is 0.490 e. The summed E-state index contributed by atoms with van der Waals surface area (Å²) in [6.07, 6.45) is -2.75. The van der Waals surface area contributed by atoms with E-state index in [9.17, 15) is 21.6 Å². The molecule has 0 spiro atoms. The highest BCUT2D eigenvalue weighted by atomic mass is 35.5. The topological polar surface area (TPSA) is 101 Å². The van der Waals surface area contributed by atoms with Gasteiger partial charge in [-0.3, -0.25) is 0 Å². The van der Waals surface area contributed by atoms with Crippen molar-refractivity contribution in [2.75, 3.05) is 13.1 Å². The van der Waals surface area contributed by atoms with Gasteiger partial charge in [0.15, 0.2) is 0 Å². The normalized spacial score (nSPS) is 16.7. The van der Waals surface area contributed by atoms with Crippen molar-refractivity contribution in [2.24, 2.45) is 11.7 Å². The molecule has 0 radical (unpaired) electrons. The maximum absolute atomic E-state index is 12.7. The zero-order valence-electron chi connectivity index (χ0n) is 17.0. The highest BCUT2D eigenvalue weighted by Crippen LogP contribution is 2.26. The summed E-state index contributed by atoms with van der Waals surface area (Å²) in [7, 11) is -3.40. The first-order valence-corrected chi connectivity index (χ1v) is 11.6. The van der Waals surface area contributed by atoms with E-state index >= 15 is 0 Å². The Bertz CT molecular complexity index is 996. The molecule has 0 aliphatic carbocycles. The second kappa shape index (κ2) is 11.1. The van der Waals surface area contributed by atoms with Crippen LogP contribution in [0.4, 0.5) is 13.2 Å². The molecule has 1 fully saturated rings. The van der Waals surface area contributed by atoms with Crippen LogP contribution in [0.2, 0.25) is 5.02 Å². The standard InChI is InChI=1S/C19H23ClN2O2S.C2HF3O2/c20-17-6-4-5-15(13-17)14-19(21)16-9-11-22(12-10-16)25(23,24)18-7-2-1-3-8-18;3-2(4,5)1(6)7/h1-8,13,16,19H,9-12,14,21H2;(H,6,7). The lowest BCUT2D eigenvalue weighted by Crippen LogP contribution is -2.44. The van der Waals surface area contributed by atoms with Crippen LogP contribution in [0.3, 0.4) is 0 Å². The number of carboxylic acids is 1. The molecule has 0 bridgehead atoms. The summed E-state index contributed by atoms with van der Waals surface area (Å²) < 4.78 is 58.7. The van der Waals surface area contributed by atoms with Crippen LogP contribution in [0, 0.1) is 5.92 Å². The molecule has 1 heterocycles. The fourth-order valence-electron chi connectivity index (χ4n) is 3.39. The second-order valence-corrected chi connectivity index (χ2v) is 9.73. The lowest BCUT2D eigenvalue weighted by atomic mass is 9.87. The van der Waals surface area contributed by atoms with Crippen molar-refractivity contribution >= 4 is 27.6 Å². The van der Waals surface area contributed by atoms with Gasteiger partial charge >= 0.3 is 12.1 Å². The highest BCUT2D eigenvalue weighted by molar-refractivity contribution is 7.89. The van der Waals surface area contributed by atoms with Crippen molar-refractivity contribution in [1.29, 1.82) is 0 Å². The number of alkyl halides is 3. The number of hydrogen-bond acceptors (Lipinski definition) is 4. The summed E-state index contributed by atoms with van der Waals surface area (Å²) in [6, 6.07) is 16.4. The number of benzene rings is 2. The fraction of sp³-hybridized carbons (Fsp3) is 0.381. The van der Waals surface area contributed by atoms with Crippen molar-refractivity contribution in [2.45, 2.75) is 36.4 Å². The number of hydrogen-bond donors (Lipinski definition) is 2. The minimum atomic E-state index is -5.08. The summed E-state index contributed by atoms with van der Waals surface area (Å²) in [5.74, 6) is -2.44. The van der Waals surface area contributed by atoms with Gasteiger partial charge in [0.2, 0.25) is 10.0 Å². The first-order valence-electron chi connectivity index (χ1n) is 9.76. The molecular formula is C21H24ClF3N2O4S. The van der Waals surface area contributed by atoms with Crippen molar-refractivity contribution in [3.8, 4) is 0 Å². The molecule has 1 unspecified atom stereocenters. The Morgan fingerprint density at radius 3 is 2.19 bits per heavy atom. The highest BCUT2D eigenvalue weighted by Gasteiger charge is 2.38. The Kier molecular flexibility index (Phi) is 9.08. The summed E-state index contributed by atoms with van der Waals surface area (Å²) >= 11 is 6.03. The quantitative estimate of drug-likeness (QED) is 0.658. The third kappa shape index (κ3) is 7.47. The predicted octanol–water partition coefficient (Wildman–Crippen LogP) is 3.94.